The molecule has 1 aromatic heterocycles. The van der Waals surface area contributed by atoms with E-state index in [-0.39, 0.29) is 11.6 Å². The van der Waals surface area contributed by atoms with E-state index in [4.69, 9.17) is 0 Å². The highest BCUT2D eigenvalue weighted by Gasteiger charge is 2.25. The van der Waals surface area contributed by atoms with Gasteiger partial charge in [-0.2, -0.15) is 0 Å². The summed E-state index contributed by atoms with van der Waals surface area (Å²) in [6.45, 7) is 5.62. The van der Waals surface area contributed by atoms with Crippen LogP contribution in [0.25, 0.3) is 6.08 Å². The Bertz CT molecular complexity index is 765. The Hall–Kier alpha value is -2.54. The minimum Gasteiger partial charge on any atom is -0.341 e. The maximum atomic E-state index is 12.1. The van der Waals surface area contributed by atoms with Crippen molar-refractivity contribution in [3.8, 4) is 0 Å². The van der Waals surface area contributed by atoms with E-state index in [1.54, 1.807) is 18.2 Å². The van der Waals surface area contributed by atoms with Gasteiger partial charge < -0.3 is 5.32 Å². The summed E-state index contributed by atoms with van der Waals surface area (Å²) >= 11 is 1.48. The minimum atomic E-state index is -0.608. The van der Waals surface area contributed by atoms with Crippen molar-refractivity contribution < 1.29 is 9.72 Å². The van der Waals surface area contributed by atoms with E-state index in [9.17, 15) is 14.9 Å². The monoisotopic (exact) mass is 331 g/mol. The molecule has 0 saturated heterocycles. The zero-order chi connectivity index (χ0) is 17.0. The second kappa shape index (κ2) is 6.70. The SMILES string of the molecule is Cc1csc(C(C)(C)NC(=O)/C=C\c2ccccc2[N+](=O)[O-])n1. The summed E-state index contributed by atoms with van der Waals surface area (Å²) in [4.78, 5) is 27.0. The Labute approximate surface area is 138 Å². The van der Waals surface area contributed by atoms with Crippen molar-refractivity contribution in [3.05, 3.63) is 62.1 Å². The van der Waals surface area contributed by atoms with Gasteiger partial charge in [-0.15, -0.1) is 11.3 Å². The number of aryl methyl sites for hydroxylation is 1. The van der Waals surface area contributed by atoms with Gasteiger partial charge in [0.05, 0.1) is 16.0 Å². The summed E-state index contributed by atoms with van der Waals surface area (Å²) in [5.74, 6) is -0.332. The molecule has 2 rings (SSSR count). The van der Waals surface area contributed by atoms with Crippen LogP contribution < -0.4 is 5.32 Å². The second-order valence-electron chi connectivity index (χ2n) is 5.56. The number of nitrogens with zero attached hydrogens (tertiary/aromatic N) is 2. The van der Waals surface area contributed by atoms with Gasteiger partial charge in [0.2, 0.25) is 5.91 Å². The summed E-state index contributed by atoms with van der Waals surface area (Å²) in [6.07, 6.45) is 2.74. The Morgan fingerprint density at radius 3 is 2.70 bits per heavy atom. The molecule has 0 unspecified atom stereocenters. The number of nitro benzene ring substituents is 1. The first-order valence-corrected chi connectivity index (χ1v) is 7.84. The van der Waals surface area contributed by atoms with Crippen molar-refractivity contribution in [2.45, 2.75) is 26.3 Å². The molecule has 1 amide bonds. The van der Waals surface area contributed by atoms with E-state index in [0.717, 1.165) is 10.7 Å². The molecule has 1 aromatic carbocycles. The van der Waals surface area contributed by atoms with Crippen molar-refractivity contribution in [1.82, 2.24) is 10.3 Å². The highest BCUT2D eigenvalue weighted by Crippen LogP contribution is 2.24. The molecule has 0 fully saturated rings. The van der Waals surface area contributed by atoms with Crippen LogP contribution >= 0.6 is 11.3 Å². The van der Waals surface area contributed by atoms with Gasteiger partial charge in [-0.25, -0.2) is 4.98 Å². The maximum Gasteiger partial charge on any atom is 0.276 e. The van der Waals surface area contributed by atoms with Gasteiger partial charge in [0.1, 0.15) is 5.01 Å². The summed E-state index contributed by atoms with van der Waals surface area (Å²) in [5, 5.41) is 16.5. The summed E-state index contributed by atoms with van der Waals surface area (Å²) in [6, 6.07) is 6.27. The maximum absolute atomic E-state index is 12.1. The molecule has 0 radical (unpaired) electrons. The predicted molar refractivity (Wildman–Crippen MR) is 90.2 cm³/mol. The number of thiazole rings is 1. The molecular weight excluding hydrogens is 314 g/mol. The molecule has 23 heavy (non-hydrogen) atoms. The van der Waals surface area contributed by atoms with E-state index in [1.807, 2.05) is 26.2 Å². The lowest BCUT2D eigenvalue weighted by molar-refractivity contribution is -0.385. The standard InChI is InChI=1S/C16H17N3O3S/c1-11-10-23-15(17-11)16(2,3)18-14(20)9-8-12-6-4-5-7-13(12)19(21)22/h4-10H,1-3H3,(H,18,20)/b9-8-. The lowest BCUT2D eigenvalue weighted by Crippen LogP contribution is -2.40. The van der Waals surface area contributed by atoms with E-state index in [2.05, 4.69) is 10.3 Å². The molecule has 0 aliphatic heterocycles. The smallest absolute Gasteiger partial charge is 0.276 e. The van der Waals surface area contributed by atoms with Crippen molar-refractivity contribution in [2.75, 3.05) is 0 Å². The number of nitrogens with one attached hydrogen (secondary N) is 1. The molecular formula is C16H17N3O3S. The van der Waals surface area contributed by atoms with Gasteiger partial charge in [0, 0.05) is 23.2 Å². The lowest BCUT2D eigenvalue weighted by atomic mass is 10.1. The number of rotatable bonds is 5. The lowest BCUT2D eigenvalue weighted by Gasteiger charge is -2.22. The van der Waals surface area contributed by atoms with Crippen molar-refractivity contribution in [3.63, 3.8) is 0 Å². The van der Waals surface area contributed by atoms with Crippen molar-refractivity contribution in [1.29, 1.82) is 0 Å². The third kappa shape index (κ3) is 4.23. The van der Waals surface area contributed by atoms with E-state index < -0.39 is 10.5 Å². The van der Waals surface area contributed by atoms with Crippen LogP contribution in [-0.2, 0) is 10.3 Å². The van der Waals surface area contributed by atoms with E-state index in [1.165, 1.54) is 29.6 Å². The van der Waals surface area contributed by atoms with Crippen LogP contribution in [0.3, 0.4) is 0 Å². The molecule has 0 spiro atoms. The minimum absolute atomic E-state index is 0.0358. The number of para-hydroxylation sites is 1. The largest absolute Gasteiger partial charge is 0.341 e. The van der Waals surface area contributed by atoms with Crippen LogP contribution in [0, 0.1) is 17.0 Å². The zero-order valence-electron chi connectivity index (χ0n) is 13.1. The molecule has 0 atom stereocenters. The highest BCUT2D eigenvalue weighted by molar-refractivity contribution is 7.09. The second-order valence-corrected chi connectivity index (χ2v) is 6.42. The number of benzene rings is 1. The van der Waals surface area contributed by atoms with Crippen LogP contribution in [0.5, 0.6) is 0 Å². The van der Waals surface area contributed by atoms with Gasteiger partial charge in [-0.1, -0.05) is 12.1 Å². The number of aromatic nitrogens is 1. The first-order valence-electron chi connectivity index (χ1n) is 6.96. The van der Waals surface area contributed by atoms with Gasteiger partial charge >= 0.3 is 0 Å². The van der Waals surface area contributed by atoms with Crippen molar-refractivity contribution in [2.24, 2.45) is 0 Å². The summed E-state index contributed by atoms with van der Waals surface area (Å²) in [7, 11) is 0. The van der Waals surface area contributed by atoms with Crippen LogP contribution in [0.2, 0.25) is 0 Å². The normalized spacial score (nSPS) is 11.6. The molecule has 1 N–H and O–H groups in total. The topological polar surface area (TPSA) is 85.1 Å². The summed E-state index contributed by atoms with van der Waals surface area (Å²) < 4.78 is 0. The van der Waals surface area contributed by atoms with E-state index in [0.29, 0.717) is 5.56 Å². The first-order chi connectivity index (χ1) is 10.8. The molecule has 2 aromatic rings. The Morgan fingerprint density at radius 2 is 2.09 bits per heavy atom. The average molecular weight is 331 g/mol. The quantitative estimate of drug-likeness (QED) is 0.517. The van der Waals surface area contributed by atoms with Crippen molar-refractivity contribution >= 4 is 29.0 Å². The molecule has 0 aliphatic rings. The summed E-state index contributed by atoms with van der Waals surface area (Å²) in [5.41, 5.74) is 0.646. The molecule has 6 nitrogen and oxygen atoms in total. The average Bonchev–Trinajstić information content (AvgIpc) is 2.92. The fraction of sp³-hybridized carbons (Fsp3) is 0.250. The molecule has 7 heteroatoms. The zero-order valence-corrected chi connectivity index (χ0v) is 13.9. The number of carbonyl (C=O) groups is 1. The third-order valence-electron chi connectivity index (χ3n) is 3.14. The fourth-order valence-electron chi connectivity index (χ4n) is 2.00. The highest BCUT2D eigenvalue weighted by atomic mass is 32.1. The number of hydrogen-bond donors (Lipinski definition) is 1. The first kappa shape index (κ1) is 16.8. The Balaban J connectivity index is 2.12. The van der Waals surface area contributed by atoms with Gasteiger partial charge in [-0.3, -0.25) is 14.9 Å². The molecule has 0 aliphatic carbocycles. The molecule has 1 heterocycles. The van der Waals surface area contributed by atoms with E-state index >= 15 is 0 Å². The predicted octanol–water partition coefficient (Wildman–Crippen LogP) is 3.42. The molecule has 120 valence electrons. The van der Waals surface area contributed by atoms with Crippen LogP contribution in [-0.4, -0.2) is 15.8 Å². The third-order valence-corrected chi connectivity index (χ3v) is 4.42. The molecule has 0 saturated carbocycles. The van der Waals surface area contributed by atoms with Crippen LogP contribution in [0.15, 0.2) is 35.7 Å². The van der Waals surface area contributed by atoms with Crippen LogP contribution in [0.1, 0.15) is 30.1 Å². The van der Waals surface area contributed by atoms with Crippen LogP contribution in [0.4, 0.5) is 5.69 Å². The number of nitro groups is 1. The number of carbonyl (C=O) groups excluding carboxylic acids is 1. The van der Waals surface area contributed by atoms with Gasteiger partial charge in [-0.05, 0) is 32.9 Å². The molecule has 0 bridgehead atoms. The van der Waals surface area contributed by atoms with Gasteiger partial charge in [0.15, 0.2) is 0 Å². The Kier molecular flexibility index (Phi) is 4.90. The Morgan fingerprint density at radius 1 is 1.39 bits per heavy atom. The number of hydrogen-bond acceptors (Lipinski definition) is 5. The fourth-order valence-corrected chi connectivity index (χ4v) is 2.88. The van der Waals surface area contributed by atoms with Gasteiger partial charge in [0.25, 0.3) is 5.69 Å². The number of amides is 1.